The molecule has 0 saturated carbocycles. The van der Waals surface area contributed by atoms with E-state index in [4.69, 9.17) is 4.74 Å². The third-order valence-corrected chi connectivity index (χ3v) is 5.85. The van der Waals surface area contributed by atoms with Crippen molar-refractivity contribution in [1.82, 2.24) is 4.68 Å². The summed E-state index contributed by atoms with van der Waals surface area (Å²) in [6.07, 6.45) is 0.127. The van der Waals surface area contributed by atoms with Crippen molar-refractivity contribution in [3.05, 3.63) is 77.6 Å². The molecule has 0 bridgehead atoms. The van der Waals surface area contributed by atoms with E-state index >= 15 is 0 Å². The molecule has 1 aliphatic rings. The molecule has 3 amide bonds. The summed E-state index contributed by atoms with van der Waals surface area (Å²) in [5, 5.41) is 2.86. The molecule has 8 heteroatoms. The van der Waals surface area contributed by atoms with Gasteiger partial charge in [-0.15, -0.1) is 0 Å². The van der Waals surface area contributed by atoms with E-state index in [9.17, 15) is 14.4 Å². The monoisotopic (exact) mass is 460 g/mol. The van der Waals surface area contributed by atoms with Gasteiger partial charge in [0.2, 0.25) is 11.8 Å². The number of hydrogen-bond donors (Lipinski definition) is 2. The average molecular weight is 461 g/mol. The van der Waals surface area contributed by atoms with Crippen LogP contribution in [0.3, 0.4) is 0 Å². The zero-order valence-corrected chi connectivity index (χ0v) is 19.5. The molecule has 3 aromatic rings. The van der Waals surface area contributed by atoms with Gasteiger partial charge >= 0.3 is 0 Å². The summed E-state index contributed by atoms with van der Waals surface area (Å²) < 4.78 is 7.36. The van der Waals surface area contributed by atoms with E-state index in [1.807, 2.05) is 57.2 Å². The minimum atomic E-state index is -0.482. The first kappa shape index (κ1) is 23.1. The Kier molecular flexibility index (Phi) is 6.67. The number of anilines is 2. The molecule has 1 aliphatic heterocycles. The van der Waals surface area contributed by atoms with Gasteiger partial charge in [0.1, 0.15) is 5.75 Å². The first-order chi connectivity index (χ1) is 16.4. The lowest BCUT2D eigenvalue weighted by Gasteiger charge is -2.20. The van der Waals surface area contributed by atoms with Gasteiger partial charge in [0.05, 0.1) is 18.2 Å². The van der Waals surface area contributed by atoms with Crippen molar-refractivity contribution in [2.45, 2.75) is 27.2 Å². The summed E-state index contributed by atoms with van der Waals surface area (Å²) >= 11 is 0. The van der Waals surface area contributed by atoms with Gasteiger partial charge in [-0.3, -0.25) is 24.5 Å². The van der Waals surface area contributed by atoms with Crippen LogP contribution in [0, 0.1) is 19.8 Å². The van der Waals surface area contributed by atoms with Gasteiger partial charge in [0.25, 0.3) is 5.91 Å². The third kappa shape index (κ3) is 4.80. The molecule has 1 aromatic heterocycles. The second kappa shape index (κ2) is 9.82. The van der Waals surface area contributed by atoms with Crippen LogP contribution in [-0.4, -0.2) is 35.5 Å². The Morgan fingerprint density at radius 3 is 2.35 bits per heavy atom. The van der Waals surface area contributed by atoms with E-state index < -0.39 is 5.92 Å². The molecule has 2 heterocycles. The summed E-state index contributed by atoms with van der Waals surface area (Å²) in [7, 11) is 0. The molecule has 0 radical (unpaired) electrons. The molecule has 2 N–H and O–H groups in total. The molecule has 4 rings (SSSR count). The van der Waals surface area contributed by atoms with E-state index in [1.165, 1.54) is 0 Å². The van der Waals surface area contributed by atoms with Crippen molar-refractivity contribution in [3.8, 4) is 5.75 Å². The Hall–Kier alpha value is -4.07. The van der Waals surface area contributed by atoms with Crippen LogP contribution in [0.5, 0.6) is 5.75 Å². The quantitative estimate of drug-likeness (QED) is 0.560. The average Bonchev–Trinajstić information content (AvgIpc) is 3.37. The van der Waals surface area contributed by atoms with E-state index in [-0.39, 0.29) is 30.7 Å². The number of nitrogens with zero attached hydrogens (tertiary/aromatic N) is 2. The van der Waals surface area contributed by atoms with Crippen LogP contribution < -0.4 is 20.4 Å². The van der Waals surface area contributed by atoms with Gasteiger partial charge in [-0.25, -0.2) is 0 Å². The maximum Gasteiger partial charge on any atom is 0.270 e. The summed E-state index contributed by atoms with van der Waals surface area (Å²) in [5.74, 6) is -0.454. The lowest BCUT2D eigenvalue weighted by atomic mass is 10.1. The SMILES string of the molecule is CCOc1ccccc1N1C[C@@H](C(=O)Nc2ccc(C(=O)Nn3c(C)ccc3C)cc2)CC1=O. The standard InChI is InChI=1S/C26H28N4O4/c1-4-34-23-8-6-5-7-22(23)29-16-20(15-24(29)31)25(32)27-21-13-11-19(12-14-21)26(33)28-30-17(2)9-10-18(30)3/h5-14,20H,4,15-16H2,1-3H3,(H,27,32)(H,28,33)/t20-/m0/s1. The Balaban J connectivity index is 1.39. The minimum Gasteiger partial charge on any atom is -0.492 e. The molecule has 0 unspecified atom stereocenters. The Morgan fingerprint density at radius 1 is 1.00 bits per heavy atom. The second-order valence-corrected chi connectivity index (χ2v) is 8.27. The van der Waals surface area contributed by atoms with Crippen LogP contribution in [0.2, 0.25) is 0 Å². The molecule has 1 atom stereocenters. The fourth-order valence-electron chi connectivity index (χ4n) is 4.03. The number of para-hydroxylation sites is 2. The minimum absolute atomic E-state index is 0.116. The molecule has 8 nitrogen and oxygen atoms in total. The summed E-state index contributed by atoms with van der Waals surface area (Å²) in [5.41, 5.74) is 6.43. The van der Waals surface area contributed by atoms with Crippen molar-refractivity contribution in [1.29, 1.82) is 0 Å². The Morgan fingerprint density at radius 2 is 1.68 bits per heavy atom. The van der Waals surface area contributed by atoms with Crippen LogP contribution in [0.4, 0.5) is 11.4 Å². The first-order valence-electron chi connectivity index (χ1n) is 11.3. The van der Waals surface area contributed by atoms with Gasteiger partial charge in [0.15, 0.2) is 0 Å². The van der Waals surface area contributed by atoms with Gasteiger partial charge in [-0.2, -0.15) is 0 Å². The van der Waals surface area contributed by atoms with Crippen molar-refractivity contribution >= 4 is 29.1 Å². The molecule has 1 saturated heterocycles. The van der Waals surface area contributed by atoms with Gasteiger partial charge in [-0.1, -0.05) is 12.1 Å². The maximum absolute atomic E-state index is 12.8. The lowest BCUT2D eigenvalue weighted by molar-refractivity contribution is -0.122. The molecular formula is C26H28N4O4. The largest absolute Gasteiger partial charge is 0.492 e. The Bertz CT molecular complexity index is 1200. The maximum atomic E-state index is 12.8. The first-order valence-corrected chi connectivity index (χ1v) is 11.3. The third-order valence-electron chi connectivity index (χ3n) is 5.85. The van der Waals surface area contributed by atoms with Crippen LogP contribution in [0.15, 0.2) is 60.7 Å². The molecule has 34 heavy (non-hydrogen) atoms. The van der Waals surface area contributed by atoms with E-state index in [0.717, 1.165) is 11.4 Å². The number of nitrogens with one attached hydrogen (secondary N) is 2. The number of ether oxygens (including phenoxy) is 1. The summed E-state index contributed by atoms with van der Waals surface area (Å²) in [6, 6.07) is 17.9. The van der Waals surface area contributed by atoms with Gasteiger partial charge in [0, 0.05) is 35.6 Å². The zero-order chi connectivity index (χ0) is 24.2. The fraction of sp³-hybridized carbons (Fsp3) is 0.269. The zero-order valence-electron chi connectivity index (χ0n) is 19.5. The van der Waals surface area contributed by atoms with E-state index in [1.54, 1.807) is 33.8 Å². The van der Waals surface area contributed by atoms with E-state index in [2.05, 4.69) is 10.7 Å². The highest BCUT2D eigenvalue weighted by molar-refractivity contribution is 6.04. The Labute approximate surface area is 198 Å². The number of carbonyl (C=O) groups is 3. The molecular weight excluding hydrogens is 432 g/mol. The van der Waals surface area contributed by atoms with E-state index in [0.29, 0.717) is 29.3 Å². The van der Waals surface area contributed by atoms with Crippen molar-refractivity contribution in [3.63, 3.8) is 0 Å². The van der Waals surface area contributed by atoms with Crippen LogP contribution in [0.1, 0.15) is 35.1 Å². The second-order valence-electron chi connectivity index (χ2n) is 8.27. The van der Waals surface area contributed by atoms with Crippen molar-refractivity contribution in [2.75, 3.05) is 28.8 Å². The number of carbonyl (C=O) groups excluding carboxylic acids is 3. The predicted octanol–water partition coefficient (Wildman–Crippen LogP) is 3.88. The number of rotatable bonds is 7. The number of amides is 3. The normalized spacial score (nSPS) is 15.3. The number of benzene rings is 2. The smallest absolute Gasteiger partial charge is 0.270 e. The fourth-order valence-corrected chi connectivity index (χ4v) is 4.03. The predicted molar refractivity (Wildman–Crippen MR) is 131 cm³/mol. The summed E-state index contributed by atoms with van der Waals surface area (Å²) in [4.78, 5) is 39.7. The molecule has 0 spiro atoms. The topological polar surface area (TPSA) is 92.7 Å². The number of aryl methyl sites for hydroxylation is 2. The van der Waals surface area contributed by atoms with Crippen LogP contribution in [-0.2, 0) is 9.59 Å². The van der Waals surface area contributed by atoms with Crippen molar-refractivity contribution in [2.24, 2.45) is 5.92 Å². The summed E-state index contributed by atoms with van der Waals surface area (Å²) in [6.45, 7) is 6.48. The lowest BCUT2D eigenvalue weighted by Crippen LogP contribution is -2.28. The van der Waals surface area contributed by atoms with Gasteiger partial charge < -0.3 is 15.0 Å². The van der Waals surface area contributed by atoms with Crippen molar-refractivity contribution < 1.29 is 19.1 Å². The molecule has 176 valence electrons. The highest BCUT2D eigenvalue weighted by Crippen LogP contribution is 2.33. The highest BCUT2D eigenvalue weighted by Gasteiger charge is 2.36. The highest BCUT2D eigenvalue weighted by atomic mass is 16.5. The molecule has 2 aromatic carbocycles. The number of aromatic nitrogens is 1. The van der Waals surface area contributed by atoms with Gasteiger partial charge in [-0.05, 0) is 69.3 Å². The van der Waals surface area contributed by atoms with Crippen LogP contribution >= 0.6 is 0 Å². The molecule has 1 fully saturated rings. The van der Waals surface area contributed by atoms with Crippen LogP contribution in [0.25, 0.3) is 0 Å². The number of hydrogen-bond acceptors (Lipinski definition) is 4. The molecule has 0 aliphatic carbocycles.